The van der Waals surface area contributed by atoms with Crippen LogP contribution in [0.3, 0.4) is 0 Å². The molecular formula is C28H27N3O3. The molecule has 0 aliphatic carbocycles. The zero-order chi connectivity index (χ0) is 24.6. The van der Waals surface area contributed by atoms with Gasteiger partial charge in [-0.25, -0.2) is 4.90 Å². The molecule has 0 spiro atoms. The highest BCUT2D eigenvalue weighted by atomic mass is 16.2. The Morgan fingerprint density at radius 2 is 1.29 bits per heavy atom. The Labute approximate surface area is 199 Å². The van der Waals surface area contributed by atoms with E-state index in [2.05, 4.69) is 10.6 Å². The van der Waals surface area contributed by atoms with Gasteiger partial charge in [0.15, 0.2) is 0 Å². The number of anilines is 3. The molecule has 0 atom stereocenters. The highest BCUT2D eigenvalue weighted by molar-refractivity contribution is 6.46. The second kappa shape index (κ2) is 8.98. The third-order valence-electron chi connectivity index (χ3n) is 6.10. The Kier molecular flexibility index (Phi) is 6.07. The van der Waals surface area contributed by atoms with Crippen LogP contribution < -0.4 is 15.5 Å². The third kappa shape index (κ3) is 4.35. The van der Waals surface area contributed by atoms with Crippen molar-refractivity contribution in [2.75, 3.05) is 15.5 Å². The van der Waals surface area contributed by atoms with Crippen molar-refractivity contribution in [2.45, 2.75) is 34.6 Å². The first kappa shape index (κ1) is 23.0. The molecule has 3 amide bonds. The fourth-order valence-corrected chi connectivity index (χ4v) is 3.89. The van der Waals surface area contributed by atoms with Crippen LogP contribution in [0.4, 0.5) is 17.1 Å². The van der Waals surface area contributed by atoms with Gasteiger partial charge in [0, 0.05) is 18.3 Å². The highest BCUT2D eigenvalue weighted by Gasteiger charge is 2.40. The SMILES string of the molecule is CC(=O)Nc1ccc(NC2=C(c3ccc(C)c(C)c3)C(=O)N(c3ccc(C)c(C)c3)C2=O)cc1. The monoisotopic (exact) mass is 453 g/mol. The Morgan fingerprint density at radius 1 is 0.706 bits per heavy atom. The van der Waals surface area contributed by atoms with E-state index in [0.29, 0.717) is 28.2 Å². The molecule has 2 N–H and O–H groups in total. The first-order valence-electron chi connectivity index (χ1n) is 11.1. The van der Waals surface area contributed by atoms with Crippen molar-refractivity contribution in [1.82, 2.24) is 0 Å². The average Bonchev–Trinajstić information content (AvgIpc) is 3.02. The predicted octanol–water partition coefficient (Wildman–Crippen LogP) is 5.28. The normalized spacial score (nSPS) is 13.5. The van der Waals surface area contributed by atoms with Crippen molar-refractivity contribution >= 4 is 40.4 Å². The standard InChI is InChI=1S/C28H27N3O3/c1-16-6-8-21(14-18(16)3)25-26(30-23-11-9-22(10-12-23)29-20(5)32)28(34)31(27(25)33)24-13-7-17(2)19(4)15-24/h6-15,30H,1-5H3,(H,29,32). The number of rotatable bonds is 5. The summed E-state index contributed by atoms with van der Waals surface area (Å²) in [6.45, 7) is 9.37. The van der Waals surface area contributed by atoms with E-state index >= 15 is 0 Å². The van der Waals surface area contributed by atoms with Gasteiger partial charge in [-0.3, -0.25) is 14.4 Å². The fraction of sp³-hybridized carbons (Fsp3) is 0.179. The zero-order valence-corrected chi connectivity index (χ0v) is 19.9. The van der Waals surface area contributed by atoms with Gasteiger partial charge in [-0.05, 0) is 91.9 Å². The molecule has 3 aromatic carbocycles. The quantitative estimate of drug-likeness (QED) is 0.516. The van der Waals surface area contributed by atoms with Crippen LogP contribution in [0.15, 0.2) is 66.4 Å². The zero-order valence-electron chi connectivity index (χ0n) is 19.9. The fourth-order valence-electron chi connectivity index (χ4n) is 3.89. The molecule has 0 aromatic heterocycles. The van der Waals surface area contributed by atoms with E-state index in [9.17, 15) is 14.4 Å². The molecule has 0 saturated heterocycles. The second-order valence-electron chi connectivity index (χ2n) is 8.65. The number of hydrogen-bond donors (Lipinski definition) is 2. The van der Waals surface area contributed by atoms with Crippen LogP contribution in [0.2, 0.25) is 0 Å². The molecule has 0 unspecified atom stereocenters. The van der Waals surface area contributed by atoms with E-state index in [1.807, 2.05) is 58.0 Å². The van der Waals surface area contributed by atoms with E-state index in [1.54, 1.807) is 30.3 Å². The summed E-state index contributed by atoms with van der Waals surface area (Å²) in [7, 11) is 0. The molecule has 0 bridgehead atoms. The maximum Gasteiger partial charge on any atom is 0.282 e. The number of carbonyl (C=O) groups is 3. The molecule has 172 valence electrons. The molecule has 0 radical (unpaired) electrons. The highest BCUT2D eigenvalue weighted by Crippen LogP contribution is 2.35. The van der Waals surface area contributed by atoms with Gasteiger partial charge in [-0.15, -0.1) is 0 Å². The number of nitrogens with zero attached hydrogens (tertiary/aromatic N) is 1. The van der Waals surface area contributed by atoms with Gasteiger partial charge >= 0.3 is 0 Å². The Balaban J connectivity index is 1.78. The third-order valence-corrected chi connectivity index (χ3v) is 6.10. The van der Waals surface area contributed by atoms with Gasteiger partial charge in [0.25, 0.3) is 11.8 Å². The van der Waals surface area contributed by atoms with Crippen molar-refractivity contribution in [1.29, 1.82) is 0 Å². The lowest BCUT2D eigenvalue weighted by Crippen LogP contribution is -2.32. The van der Waals surface area contributed by atoms with E-state index in [1.165, 1.54) is 11.8 Å². The summed E-state index contributed by atoms with van der Waals surface area (Å²) in [5, 5.41) is 5.88. The van der Waals surface area contributed by atoms with Crippen LogP contribution in [0.25, 0.3) is 5.57 Å². The predicted molar refractivity (Wildman–Crippen MR) is 136 cm³/mol. The molecule has 1 heterocycles. The van der Waals surface area contributed by atoms with Gasteiger partial charge < -0.3 is 10.6 Å². The van der Waals surface area contributed by atoms with Crippen LogP contribution in [0, 0.1) is 27.7 Å². The van der Waals surface area contributed by atoms with Gasteiger partial charge in [-0.1, -0.05) is 24.3 Å². The van der Waals surface area contributed by atoms with Crippen molar-refractivity contribution < 1.29 is 14.4 Å². The van der Waals surface area contributed by atoms with Crippen LogP contribution >= 0.6 is 0 Å². The lowest BCUT2D eigenvalue weighted by atomic mass is 9.99. The summed E-state index contributed by atoms with van der Waals surface area (Å²) in [4.78, 5) is 39.8. The number of nitrogens with one attached hydrogen (secondary N) is 2. The molecule has 0 fully saturated rings. The lowest BCUT2D eigenvalue weighted by Gasteiger charge is -2.17. The summed E-state index contributed by atoms with van der Waals surface area (Å²) in [6, 6.07) is 18.3. The summed E-state index contributed by atoms with van der Waals surface area (Å²) in [5.74, 6) is -0.942. The molecule has 34 heavy (non-hydrogen) atoms. The minimum absolute atomic E-state index is 0.166. The molecule has 3 aromatic rings. The number of carbonyl (C=O) groups excluding carboxylic acids is 3. The molecule has 6 nitrogen and oxygen atoms in total. The van der Waals surface area contributed by atoms with Crippen molar-refractivity contribution in [2.24, 2.45) is 0 Å². The van der Waals surface area contributed by atoms with Crippen molar-refractivity contribution in [3.05, 3.63) is 94.2 Å². The molecule has 6 heteroatoms. The smallest absolute Gasteiger partial charge is 0.282 e. The Bertz CT molecular complexity index is 1350. The van der Waals surface area contributed by atoms with Crippen LogP contribution in [-0.4, -0.2) is 17.7 Å². The topological polar surface area (TPSA) is 78.5 Å². The Hall–Kier alpha value is -4.19. The second-order valence-corrected chi connectivity index (χ2v) is 8.65. The minimum atomic E-state index is -0.410. The van der Waals surface area contributed by atoms with E-state index in [0.717, 1.165) is 22.3 Å². The largest absolute Gasteiger partial charge is 0.350 e. The minimum Gasteiger partial charge on any atom is -0.350 e. The van der Waals surface area contributed by atoms with Crippen molar-refractivity contribution in [3.8, 4) is 0 Å². The number of imide groups is 1. The molecule has 1 aliphatic rings. The summed E-state index contributed by atoms with van der Waals surface area (Å²) in [6.07, 6.45) is 0. The molecule has 0 saturated carbocycles. The summed E-state index contributed by atoms with van der Waals surface area (Å²) >= 11 is 0. The van der Waals surface area contributed by atoms with Crippen LogP contribution in [0.1, 0.15) is 34.7 Å². The molecule has 1 aliphatic heterocycles. The summed E-state index contributed by atoms with van der Waals surface area (Å²) in [5.41, 5.74) is 7.28. The van der Waals surface area contributed by atoms with Crippen LogP contribution in [-0.2, 0) is 14.4 Å². The van der Waals surface area contributed by atoms with E-state index < -0.39 is 5.91 Å². The molecule has 4 rings (SSSR count). The lowest BCUT2D eigenvalue weighted by molar-refractivity contribution is -0.120. The van der Waals surface area contributed by atoms with Gasteiger partial charge in [0.05, 0.1) is 11.3 Å². The Morgan fingerprint density at radius 3 is 1.88 bits per heavy atom. The van der Waals surface area contributed by atoms with E-state index in [-0.39, 0.29) is 17.5 Å². The first-order chi connectivity index (χ1) is 16.2. The van der Waals surface area contributed by atoms with Crippen molar-refractivity contribution in [3.63, 3.8) is 0 Å². The van der Waals surface area contributed by atoms with Gasteiger partial charge in [0.1, 0.15) is 5.70 Å². The van der Waals surface area contributed by atoms with Gasteiger partial charge in [0.2, 0.25) is 5.91 Å². The molecular weight excluding hydrogens is 426 g/mol. The number of hydrogen-bond acceptors (Lipinski definition) is 4. The summed E-state index contributed by atoms with van der Waals surface area (Å²) < 4.78 is 0. The average molecular weight is 454 g/mol. The van der Waals surface area contributed by atoms with Gasteiger partial charge in [-0.2, -0.15) is 0 Å². The number of benzene rings is 3. The first-order valence-corrected chi connectivity index (χ1v) is 11.1. The van der Waals surface area contributed by atoms with E-state index in [4.69, 9.17) is 0 Å². The van der Waals surface area contributed by atoms with Crippen LogP contribution in [0.5, 0.6) is 0 Å². The number of aryl methyl sites for hydroxylation is 4. The maximum atomic E-state index is 13.6. The maximum absolute atomic E-state index is 13.6. The number of amides is 3.